The SMILES string of the molecule is CCCCSC(CC=O)C(=O)N(C)CCCC(=O)N=O. The smallest absolute Gasteiger partial charge is 0.286 e. The summed E-state index contributed by atoms with van der Waals surface area (Å²) in [5.74, 6) is 0.0413. The molecule has 0 heterocycles. The third-order valence-corrected chi connectivity index (χ3v) is 4.09. The van der Waals surface area contributed by atoms with Crippen LogP contribution in [0.25, 0.3) is 0 Å². The van der Waals surface area contributed by atoms with Gasteiger partial charge in [0.15, 0.2) is 0 Å². The van der Waals surface area contributed by atoms with E-state index in [9.17, 15) is 19.3 Å². The molecule has 7 heteroatoms. The lowest BCUT2D eigenvalue weighted by atomic mass is 10.2. The number of rotatable bonds is 11. The van der Waals surface area contributed by atoms with E-state index in [4.69, 9.17) is 0 Å². The van der Waals surface area contributed by atoms with Crippen molar-refractivity contribution in [2.24, 2.45) is 5.18 Å². The number of amides is 2. The van der Waals surface area contributed by atoms with E-state index in [1.54, 1.807) is 7.05 Å². The maximum atomic E-state index is 12.1. The number of thioether (sulfide) groups is 1. The molecule has 0 saturated carbocycles. The van der Waals surface area contributed by atoms with E-state index in [0.717, 1.165) is 24.9 Å². The van der Waals surface area contributed by atoms with Gasteiger partial charge in [-0.2, -0.15) is 0 Å². The van der Waals surface area contributed by atoms with Gasteiger partial charge in [-0.3, -0.25) is 9.59 Å². The highest BCUT2D eigenvalue weighted by Crippen LogP contribution is 2.18. The van der Waals surface area contributed by atoms with Gasteiger partial charge in [-0.05, 0) is 18.6 Å². The highest BCUT2D eigenvalue weighted by molar-refractivity contribution is 8.00. The number of hydrogen-bond donors (Lipinski definition) is 0. The quantitative estimate of drug-likeness (QED) is 0.331. The molecule has 2 amide bonds. The van der Waals surface area contributed by atoms with Crippen LogP contribution in [0.3, 0.4) is 0 Å². The van der Waals surface area contributed by atoms with Crippen LogP contribution in [0.1, 0.15) is 39.0 Å². The van der Waals surface area contributed by atoms with Crippen LogP contribution in [-0.2, 0) is 14.4 Å². The lowest BCUT2D eigenvalue weighted by molar-refractivity contribution is -0.130. The molecule has 0 aliphatic heterocycles. The van der Waals surface area contributed by atoms with Gasteiger partial charge in [-0.1, -0.05) is 13.3 Å². The maximum absolute atomic E-state index is 12.1. The number of nitrogens with zero attached hydrogens (tertiary/aromatic N) is 2. The average molecular weight is 302 g/mol. The third-order valence-electron chi connectivity index (χ3n) is 2.76. The zero-order chi connectivity index (χ0) is 15.4. The first-order valence-corrected chi connectivity index (χ1v) is 7.78. The number of carbonyl (C=O) groups is 3. The molecule has 6 nitrogen and oxygen atoms in total. The second-order valence-electron chi connectivity index (χ2n) is 4.46. The predicted octanol–water partition coefficient (Wildman–Crippen LogP) is 2.01. The Hall–Kier alpha value is -1.24. The fraction of sp³-hybridized carbons (Fsp3) is 0.769. The molecule has 0 saturated heterocycles. The van der Waals surface area contributed by atoms with Crippen LogP contribution in [0.2, 0.25) is 0 Å². The molecule has 0 aromatic rings. The van der Waals surface area contributed by atoms with Crippen molar-refractivity contribution in [2.75, 3.05) is 19.3 Å². The van der Waals surface area contributed by atoms with Crippen LogP contribution in [0.5, 0.6) is 0 Å². The molecule has 0 aromatic heterocycles. The number of carbonyl (C=O) groups excluding carboxylic acids is 3. The van der Waals surface area contributed by atoms with Crippen molar-refractivity contribution in [3.8, 4) is 0 Å². The first-order chi connectivity index (χ1) is 9.56. The largest absolute Gasteiger partial charge is 0.345 e. The Morgan fingerprint density at radius 2 is 2.05 bits per heavy atom. The van der Waals surface area contributed by atoms with E-state index in [1.807, 2.05) is 0 Å². The van der Waals surface area contributed by atoms with Gasteiger partial charge in [0, 0.05) is 31.6 Å². The predicted molar refractivity (Wildman–Crippen MR) is 79.5 cm³/mol. The zero-order valence-electron chi connectivity index (χ0n) is 12.0. The summed E-state index contributed by atoms with van der Waals surface area (Å²) in [6.45, 7) is 2.45. The van der Waals surface area contributed by atoms with E-state index >= 15 is 0 Å². The molecule has 20 heavy (non-hydrogen) atoms. The van der Waals surface area contributed by atoms with Gasteiger partial charge in [-0.25, -0.2) is 0 Å². The van der Waals surface area contributed by atoms with Crippen LogP contribution in [0, 0.1) is 4.91 Å². The molecule has 0 fully saturated rings. The fourth-order valence-electron chi connectivity index (χ4n) is 1.57. The standard InChI is InChI=1S/C13H22N2O4S/c1-3-4-10-20-11(7-9-16)13(18)15(2)8-5-6-12(17)14-19/h9,11H,3-8,10H2,1-2H3. The Morgan fingerprint density at radius 3 is 2.60 bits per heavy atom. The summed E-state index contributed by atoms with van der Waals surface area (Å²) in [5, 5.41) is 1.94. The van der Waals surface area contributed by atoms with Crippen LogP contribution in [0.4, 0.5) is 0 Å². The van der Waals surface area contributed by atoms with E-state index < -0.39 is 5.91 Å². The van der Waals surface area contributed by atoms with E-state index in [1.165, 1.54) is 16.7 Å². The summed E-state index contributed by atoms with van der Waals surface area (Å²) in [6.07, 6.45) is 3.46. The van der Waals surface area contributed by atoms with Gasteiger partial charge < -0.3 is 9.69 Å². The molecular formula is C13H22N2O4S. The van der Waals surface area contributed by atoms with Crippen LogP contribution < -0.4 is 0 Å². The first kappa shape index (κ1) is 18.8. The molecule has 0 aromatic carbocycles. The average Bonchev–Trinajstić information content (AvgIpc) is 2.45. The lowest BCUT2D eigenvalue weighted by Gasteiger charge is -2.22. The number of nitroso groups, excluding NO2 is 1. The van der Waals surface area contributed by atoms with Crippen molar-refractivity contribution in [1.82, 2.24) is 4.90 Å². The monoisotopic (exact) mass is 302 g/mol. The Kier molecular flexibility index (Phi) is 10.9. The highest BCUT2D eigenvalue weighted by atomic mass is 32.2. The van der Waals surface area contributed by atoms with Gasteiger partial charge in [0.25, 0.3) is 5.91 Å². The minimum atomic E-state index is -0.701. The Balaban J connectivity index is 4.21. The molecule has 0 aliphatic carbocycles. The second-order valence-corrected chi connectivity index (χ2v) is 5.77. The summed E-state index contributed by atoms with van der Waals surface area (Å²) in [7, 11) is 1.64. The molecule has 1 unspecified atom stereocenters. The van der Waals surface area contributed by atoms with Crippen molar-refractivity contribution < 1.29 is 14.4 Å². The third kappa shape index (κ3) is 8.04. The summed E-state index contributed by atoms with van der Waals surface area (Å²) < 4.78 is 0. The molecule has 0 spiro atoms. The highest BCUT2D eigenvalue weighted by Gasteiger charge is 2.21. The van der Waals surface area contributed by atoms with Gasteiger partial charge >= 0.3 is 0 Å². The molecule has 0 rings (SSSR count). The summed E-state index contributed by atoms with van der Waals surface area (Å²) in [5.41, 5.74) is 0. The molecule has 1 atom stereocenters. The minimum absolute atomic E-state index is 0.0441. The molecular weight excluding hydrogens is 280 g/mol. The first-order valence-electron chi connectivity index (χ1n) is 6.73. The zero-order valence-corrected chi connectivity index (χ0v) is 12.9. The van der Waals surface area contributed by atoms with Crippen molar-refractivity contribution in [2.45, 2.75) is 44.3 Å². The van der Waals surface area contributed by atoms with Gasteiger partial charge in [0.2, 0.25) is 5.91 Å². The second kappa shape index (κ2) is 11.6. The van der Waals surface area contributed by atoms with Gasteiger partial charge in [0.05, 0.1) is 5.25 Å². The molecule has 0 radical (unpaired) electrons. The Bertz CT molecular complexity index is 336. The normalized spacial score (nSPS) is 11.7. The molecule has 0 aliphatic rings. The molecule has 0 N–H and O–H groups in total. The van der Waals surface area contributed by atoms with Crippen LogP contribution in [0.15, 0.2) is 5.18 Å². The Morgan fingerprint density at radius 1 is 1.35 bits per heavy atom. The summed E-state index contributed by atoms with van der Waals surface area (Å²) >= 11 is 1.49. The summed E-state index contributed by atoms with van der Waals surface area (Å²) in [4.78, 5) is 45.0. The van der Waals surface area contributed by atoms with E-state index in [2.05, 4.69) is 12.1 Å². The number of hydrogen-bond acceptors (Lipinski definition) is 5. The van der Waals surface area contributed by atoms with E-state index in [0.29, 0.717) is 13.0 Å². The molecule has 0 bridgehead atoms. The van der Waals surface area contributed by atoms with Crippen molar-refractivity contribution in [1.29, 1.82) is 0 Å². The van der Waals surface area contributed by atoms with E-state index in [-0.39, 0.29) is 24.0 Å². The lowest BCUT2D eigenvalue weighted by Crippen LogP contribution is -2.36. The topological polar surface area (TPSA) is 83.9 Å². The van der Waals surface area contributed by atoms with Gasteiger partial charge in [-0.15, -0.1) is 16.7 Å². The maximum Gasteiger partial charge on any atom is 0.286 e. The fourth-order valence-corrected chi connectivity index (χ4v) is 2.84. The van der Waals surface area contributed by atoms with Crippen LogP contribution in [-0.4, -0.2) is 47.6 Å². The van der Waals surface area contributed by atoms with Crippen LogP contribution >= 0.6 is 11.8 Å². The number of unbranched alkanes of at least 4 members (excludes halogenated alkanes) is 1. The molecule has 114 valence electrons. The number of aldehydes is 1. The summed E-state index contributed by atoms with van der Waals surface area (Å²) in [6, 6.07) is 0. The Labute approximate surface area is 123 Å². The van der Waals surface area contributed by atoms with Gasteiger partial charge in [0.1, 0.15) is 6.29 Å². The minimum Gasteiger partial charge on any atom is -0.345 e. The van der Waals surface area contributed by atoms with Crippen molar-refractivity contribution in [3.05, 3.63) is 4.91 Å². The van der Waals surface area contributed by atoms with Crippen molar-refractivity contribution in [3.63, 3.8) is 0 Å². The van der Waals surface area contributed by atoms with Crippen molar-refractivity contribution >= 4 is 29.9 Å².